The zero-order chi connectivity index (χ0) is 20.6. The molecule has 30 heavy (non-hydrogen) atoms. The van der Waals surface area contributed by atoms with Gasteiger partial charge in [0, 0.05) is 31.2 Å². The van der Waals surface area contributed by atoms with Gasteiger partial charge in [-0.05, 0) is 26.7 Å². The molecule has 0 saturated carbocycles. The number of rotatable bonds is 7. The summed E-state index contributed by atoms with van der Waals surface area (Å²) >= 11 is 0. The van der Waals surface area contributed by atoms with Gasteiger partial charge in [0.15, 0.2) is 11.7 Å². The van der Waals surface area contributed by atoms with Crippen LogP contribution in [0.15, 0.2) is 39.9 Å². The zero-order valence-electron chi connectivity index (χ0n) is 17.6. The topological polar surface area (TPSA) is 109 Å². The van der Waals surface area contributed by atoms with Crippen molar-refractivity contribution in [3.63, 3.8) is 0 Å². The lowest BCUT2D eigenvalue weighted by Crippen LogP contribution is -2.49. The van der Waals surface area contributed by atoms with Crippen molar-refractivity contribution in [1.82, 2.24) is 20.5 Å². The van der Waals surface area contributed by atoms with Crippen molar-refractivity contribution in [2.24, 2.45) is 10.7 Å². The van der Waals surface area contributed by atoms with E-state index < -0.39 is 0 Å². The number of nitrogens with two attached hydrogens (primary N) is 1. The molecule has 1 amide bonds. The van der Waals surface area contributed by atoms with Crippen LogP contribution in [0.3, 0.4) is 0 Å². The molecule has 0 unspecified atom stereocenters. The second-order valence-corrected chi connectivity index (χ2v) is 7.34. The van der Waals surface area contributed by atoms with Gasteiger partial charge in [-0.25, -0.2) is 9.98 Å². The lowest BCUT2D eigenvalue weighted by Gasteiger charge is -2.32. The molecule has 1 saturated heterocycles. The van der Waals surface area contributed by atoms with Crippen LogP contribution in [0.1, 0.15) is 31.2 Å². The van der Waals surface area contributed by atoms with Crippen LogP contribution in [0.4, 0.5) is 0 Å². The summed E-state index contributed by atoms with van der Waals surface area (Å²) in [5.41, 5.74) is 7.49. The average Bonchev–Trinajstić information content (AvgIpc) is 3.17. The van der Waals surface area contributed by atoms with E-state index in [1.165, 1.54) is 5.56 Å². The van der Waals surface area contributed by atoms with Crippen LogP contribution < -0.4 is 16.4 Å². The van der Waals surface area contributed by atoms with E-state index in [2.05, 4.69) is 44.6 Å². The molecule has 8 nitrogen and oxygen atoms in total. The number of aromatic nitrogens is 1. The van der Waals surface area contributed by atoms with E-state index in [0.717, 1.165) is 49.8 Å². The summed E-state index contributed by atoms with van der Waals surface area (Å²) in [7, 11) is 0. The molecular formula is C21H31IN6O2. The van der Waals surface area contributed by atoms with E-state index in [1.54, 1.807) is 6.20 Å². The fraction of sp³-hybridized carbons (Fsp3) is 0.476. The standard InChI is InChI=1S/C21H30N6O2.HI/c1-3-23-21(26-17-8-10-27(11-9-17)14-19(22)28)25-13-20-24-12-18(29-20)16-6-4-15(2)5-7-16;/h4-7,12,17H,3,8-11,13-14H2,1-2H3,(H2,22,28)(H2,23,25,26);1H. The monoisotopic (exact) mass is 526 g/mol. The highest BCUT2D eigenvalue weighted by molar-refractivity contribution is 14.0. The van der Waals surface area contributed by atoms with Crippen LogP contribution >= 0.6 is 24.0 Å². The van der Waals surface area contributed by atoms with Crippen molar-refractivity contribution in [2.45, 2.75) is 39.3 Å². The van der Waals surface area contributed by atoms with E-state index in [1.807, 2.05) is 19.1 Å². The minimum atomic E-state index is -0.276. The maximum absolute atomic E-state index is 11.1. The quantitative estimate of drug-likeness (QED) is 0.290. The molecule has 0 aliphatic carbocycles. The lowest BCUT2D eigenvalue weighted by atomic mass is 10.1. The highest BCUT2D eigenvalue weighted by Crippen LogP contribution is 2.21. The largest absolute Gasteiger partial charge is 0.439 e. The second kappa shape index (κ2) is 11.9. The molecule has 4 N–H and O–H groups in total. The van der Waals surface area contributed by atoms with Gasteiger partial charge in [-0.1, -0.05) is 29.8 Å². The number of primary amides is 1. The molecule has 1 aromatic heterocycles. The third-order valence-electron chi connectivity index (χ3n) is 4.91. The second-order valence-electron chi connectivity index (χ2n) is 7.34. The van der Waals surface area contributed by atoms with Gasteiger partial charge in [0.2, 0.25) is 11.8 Å². The van der Waals surface area contributed by atoms with Gasteiger partial charge in [-0.15, -0.1) is 24.0 Å². The summed E-state index contributed by atoms with van der Waals surface area (Å²) in [4.78, 5) is 22.1. The normalized spacial score (nSPS) is 15.5. The van der Waals surface area contributed by atoms with Crippen molar-refractivity contribution in [3.8, 4) is 11.3 Å². The van der Waals surface area contributed by atoms with Crippen molar-refractivity contribution in [1.29, 1.82) is 0 Å². The first kappa shape index (κ1) is 24.1. The smallest absolute Gasteiger partial charge is 0.231 e. The number of benzene rings is 1. The number of carbonyl (C=O) groups excluding carboxylic acids is 1. The van der Waals surface area contributed by atoms with E-state index in [-0.39, 0.29) is 29.9 Å². The predicted octanol–water partition coefficient (Wildman–Crippen LogP) is 2.27. The van der Waals surface area contributed by atoms with E-state index >= 15 is 0 Å². The predicted molar refractivity (Wildman–Crippen MR) is 129 cm³/mol. The third-order valence-corrected chi connectivity index (χ3v) is 4.91. The minimum Gasteiger partial charge on any atom is -0.439 e. The molecular weight excluding hydrogens is 495 g/mol. The van der Waals surface area contributed by atoms with E-state index in [9.17, 15) is 4.79 Å². The molecule has 1 aliphatic rings. The summed E-state index contributed by atoms with van der Waals surface area (Å²) in [5.74, 6) is 1.79. The molecule has 0 spiro atoms. The summed E-state index contributed by atoms with van der Waals surface area (Å²) in [5, 5.41) is 6.74. The molecule has 9 heteroatoms. The Morgan fingerprint density at radius 2 is 2.00 bits per heavy atom. The number of nitrogens with one attached hydrogen (secondary N) is 2. The Hall–Kier alpha value is -2.14. The Morgan fingerprint density at radius 1 is 1.30 bits per heavy atom. The minimum absolute atomic E-state index is 0. The summed E-state index contributed by atoms with van der Waals surface area (Å²) < 4.78 is 5.85. The summed E-state index contributed by atoms with van der Waals surface area (Å²) in [6.07, 6.45) is 3.62. The Labute approximate surface area is 194 Å². The molecule has 1 aliphatic heterocycles. The molecule has 3 rings (SSSR count). The van der Waals surface area contributed by atoms with Crippen molar-refractivity contribution >= 4 is 35.8 Å². The number of likely N-dealkylation sites (tertiary alicyclic amines) is 1. The fourth-order valence-corrected chi connectivity index (χ4v) is 3.35. The number of oxazole rings is 1. The summed E-state index contributed by atoms with van der Waals surface area (Å²) in [6, 6.07) is 8.47. The van der Waals surface area contributed by atoms with E-state index in [0.29, 0.717) is 25.0 Å². The van der Waals surface area contributed by atoms with Crippen molar-refractivity contribution in [2.75, 3.05) is 26.2 Å². The number of halogens is 1. The Balaban J connectivity index is 0.00000320. The van der Waals surface area contributed by atoms with Crippen LogP contribution in [-0.2, 0) is 11.3 Å². The van der Waals surface area contributed by atoms with Crippen LogP contribution in [0.25, 0.3) is 11.3 Å². The molecule has 2 aromatic rings. The van der Waals surface area contributed by atoms with Gasteiger partial charge < -0.3 is 20.8 Å². The van der Waals surface area contributed by atoms with Gasteiger partial charge in [0.05, 0.1) is 12.7 Å². The first-order valence-corrected chi connectivity index (χ1v) is 10.1. The summed E-state index contributed by atoms with van der Waals surface area (Å²) in [6.45, 7) is 7.25. The van der Waals surface area contributed by atoms with Gasteiger partial charge in [-0.2, -0.15) is 0 Å². The number of amides is 1. The molecule has 0 atom stereocenters. The number of hydrogen-bond donors (Lipinski definition) is 3. The molecule has 0 bridgehead atoms. The molecule has 1 aromatic carbocycles. The van der Waals surface area contributed by atoms with Crippen LogP contribution in [0.5, 0.6) is 0 Å². The number of hydrogen-bond acceptors (Lipinski definition) is 5. The third kappa shape index (κ3) is 7.28. The highest BCUT2D eigenvalue weighted by atomic mass is 127. The van der Waals surface area contributed by atoms with Crippen LogP contribution in [-0.4, -0.2) is 54.0 Å². The first-order valence-electron chi connectivity index (χ1n) is 10.1. The first-order chi connectivity index (χ1) is 14.0. The Morgan fingerprint density at radius 3 is 2.63 bits per heavy atom. The number of nitrogens with zero attached hydrogens (tertiary/aromatic N) is 3. The highest BCUT2D eigenvalue weighted by Gasteiger charge is 2.20. The van der Waals surface area contributed by atoms with Crippen LogP contribution in [0, 0.1) is 6.92 Å². The number of aryl methyl sites for hydroxylation is 1. The molecule has 1 fully saturated rings. The lowest BCUT2D eigenvalue weighted by molar-refractivity contribution is -0.119. The zero-order valence-corrected chi connectivity index (χ0v) is 19.9. The molecule has 2 heterocycles. The maximum Gasteiger partial charge on any atom is 0.231 e. The van der Waals surface area contributed by atoms with Gasteiger partial charge >= 0.3 is 0 Å². The van der Waals surface area contributed by atoms with Gasteiger partial charge in [-0.3, -0.25) is 9.69 Å². The number of carbonyl (C=O) groups is 1. The Kier molecular flexibility index (Phi) is 9.57. The average molecular weight is 526 g/mol. The molecule has 164 valence electrons. The number of aliphatic imine (C=N–C) groups is 1. The van der Waals surface area contributed by atoms with Gasteiger partial charge in [0.25, 0.3) is 0 Å². The SMILES string of the molecule is CCNC(=NCc1ncc(-c2ccc(C)cc2)o1)NC1CCN(CC(N)=O)CC1.I. The molecule has 0 radical (unpaired) electrons. The fourth-order valence-electron chi connectivity index (χ4n) is 3.35. The number of piperidine rings is 1. The maximum atomic E-state index is 11.1. The Bertz CT molecular complexity index is 828. The van der Waals surface area contributed by atoms with Gasteiger partial charge in [0.1, 0.15) is 6.54 Å². The number of guanidine groups is 1. The van der Waals surface area contributed by atoms with E-state index in [4.69, 9.17) is 10.2 Å². The van der Waals surface area contributed by atoms with Crippen LogP contribution in [0.2, 0.25) is 0 Å². The van der Waals surface area contributed by atoms with Crippen molar-refractivity contribution in [3.05, 3.63) is 41.9 Å². The van der Waals surface area contributed by atoms with Crippen molar-refractivity contribution < 1.29 is 9.21 Å².